The van der Waals surface area contributed by atoms with Gasteiger partial charge >= 0.3 is 0 Å². The first-order chi connectivity index (χ1) is 13.4. The van der Waals surface area contributed by atoms with Crippen molar-refractivity contribution in [3.63, 3.8) is 0 Å². The highest BCUT2D eigenvalue weighted by atomic mass is 16.5. The maximum atomic E-state index is 12.7. The van der Waals surface area contributed by atoms with Crippen LogP contribution in [-0.2, 0) is 14.3 Å². The van der Waals surface area contributed by atoms with Crippen LogP contribution < -0.4 is 10.6 Å². The molecule has 0 aromatic carbocycles. The Balaban J connectivity index is 1.17. The fraction of sp³-hybridized carbons (Fsp3) is 0.909. The van der Waals surface area contributed by atoms with Gasteiger partial charge in [0.05, 0.1) is 12.5 Å². The lowest BCUT2D eigenvalue weighted by Gasteiger charge is -2.50. The van der Waals surface area contributed by atoms with E-state index in [1.807, 2.05) is 4.90 Å². The van der Waals surface area contributed by atoms with Gasteiger partial charge in [0.1, 0.15) is 0 Å². The molecule has 4 fully saturated rings. The third-order valence-corrected chi connectivity index (χ3v) is 7.64. The molecule has 158 valence electrons. The van der Waals surface area contributed by atoms with E-state index >= 15 is 0 Å². The summed E-state index contributed by atoms with van der Waals surface area (Å²) in [5.74, 6) is 1.26. The Kier molecular flexibility index (Phi) is 5.71. The molecule has 2 heterocycles. The van der Waals surface area contributed by atoms with Crippen LogP contribution in [-0.4, -0.2) is 62.7 Å². The molecule has 2 aliphatic heterocycles. The Morgan fingerprint density at radius 3 is 2.54 bits per heavy atom. The lowest BCUT2D eigenvalue weighted by molar-refractivity contribution is -0.151. The molecular weight excluding hydrogens is 354 g/mol. The van der Waals surface area contributed by atoms with Gasteiger partial charge in [-0.15, -0.1) is 0 Å². The highest BCUT2D eigenvalue weighted by Gasteiger charge is 2.59. The Morgan fingerprint density at radius 2 is 1.86 bits per heavy atom. The first-order valence-electron chi connectivity index (χ1n) is 11.3. The van der Waals surface area contributed by atoms with Crippen molar-refractivity contribution in [1.82, 2.24) is 15.5 Å². The largest absolute Gasteiger partial charge is 0.379 e. The number of ether oxygens (including phenoxy) is 1. The van der Waals surface area contributed by atoms with Crippen molar-refractivity contribution in [2.75, 3.05) is 45.9 Å². The van der Waals surface area contributed by atoms with Crippen LogP contribution in [0.1, 0.15) is 52.4 Å². The average Bonchev–Trinajstić information content (AvgIpc) is 3.09. The molecule has 2 saturated heterocycles. The topological polar surface area (TPSA) is 70.7 Å². The van der Waals surface area contributed by atoms with Gasteiger partial charge in [-0.2, -0.15) is 0 Å². The molecule has 2 amide bonds. The third-order valence-electron chi connectivity index (χ3n) is 7.64. The number of hydrogen-bond acceptors (Lipinski definition) is 4. The standard InChI is InChI=1S/C22H37N3O3/c1-21(2)10-17(21)20(27)25-14-22(15-25)13-23-11-18(22)19(26)24-8-9-28-12-16-6-4-3-5-7-16/h16-18,23H,3-15H2,1-2H3,(H,24,26). The van der Waals surface area contributed by atoms with Gasteiger partial charge in [0.25, 0.3) is 0 Å². The van der Waals surface area contributed by atoms with Crippen LogP contribution in [0, 0.1) is 28.6 Å². The summed E-state index contributed by atoms with van der Waals surface area (Å²) in [7, 11) is 0. The SMILES string of the molecule is CC1(C)CC1C(=O)N1CC2(CNCC2C(=O)NCCOCC2CCCCC2)C1. The summed E-state index contributed by atoms with van der Waals surface area (Å²) in [6.45, 7) is 9.33. The van der Waals surface area contributed by atoms with Crippen LogP contribution >= 0.6 is 0 Å². The summed E-state index contributed by atoms with van der Waals surface area (Å²) in [6.07, 6.45) is 7.61. The molecule has 4 aliphatic rings. The van der Waals surface area contributed by atoms with E-state index in [1.54, 1.807) is 0 Å². The Labute approximate surface area is 169 Å². The number of nitrogens with one attached hydrogen (secondary N) is 2. The van der Waals surface area contributed by atoms with E-state index < -0.39 is 0 Å². The monoisotopic (exact) mass is 391 g/mol. The van der Waals surface area contributed by atoms with Gasteiger partial charge in [-0.25, -0.2) is 0 Å². The lowest BCUT2D eigenvalue weighted by Crippen LogP contribution is -2.64. The second-order valence-electron chi connectivity index (χ2n) is 10.4. The molecule has 6 heteroatoms. The quantitative estimate of drug-likeness (QED) is 0.649. The van der Waals surface area contributed by atoms with Crippen LogP contribution in [0.4, 0.5) is 0 Å². The van der Waals surface area contributed by atoms with Gasteiger partial charge in [0.2, 0.25) is 11.8 Å². The molecule has 0 bridgehead atoms. The van der Waals surface area contributed by atoms with Gasteiger partial charge in [-0.3, -0.25) is 9.59 Å². The Hall–Kier alpha value is -1.14. The van der Waals surface area contributed by atoms with Crippen molar-refractivity contribution < 1.29 is 14.3 Å². The summed E-state index contributed by atoms with van der Waals surface area (Å²) in [6, 6.07) is 0. The number of likely N-dealkylation sites (tertiary alicyclic amines) is 1. The predicted octanol–water partition coefficient (Wildman–Crippen LogP) is 1.79. The second kappa shape index (κ2) is 7.94. The second-order valence-corrected chi connectivity index (χ2v) is 10.4. The van der Waals surface area contributed by atoms with E-state index in [0.29, 0.717) is 25.6 Å². The minimum absolute atomic E-state index is 0.0397. The van der Waals surface area contributed by atoms with Crippen LogP contribution in [0.15, 0.2) is 0 Å². The number of carbonyl (C=O) groups excluding carboxylic acids is 2. The smallest absolute Gasteiger partial charge is 0.226 e. The first kappa shape index (κ1) is 20.1. The zero-order valence-electron chi connectivity index (χ0n) is 17.6. The van der Waals surface area contributed by atoms with Gasteiger partial charge < -0.3 is 20.3 Å². The molecule has 2 N–H and O–H groups in total. The molecule has 28 heavy (non-hydrogen) atoms. The van der Waals surface area contributed by atoms with Crippen LogP contribution in [0.2, 0.25) is 0 Å². The van der Waals surface area contributed by atoms with Gasteiger partial charge in [-0.05, 0) is 30.6 Å². The summed E-state index contributed by atoms with van der Waals surface area (Å²) in [5.41, 5.74) is 0.101. The van der Waals surface area contributed by atoms with Crippen molar-refractivity contribution in [3.05, 3.63) is 0 Å². The Morgan fingerprint density at radius 1 is 1.14 bits per heavy atom. The highest BCUT2D eigenvalue weighted by molar-refractivity contribution is 5.85. The number of amides is 2. The highest BCUT2D eigenvalue weighted by Crippen LogP contribution is 2.54. The van der Waals surface area contributed by atoms with Crippen molar-refractivity contribution in [1.29, 1.82) is 0 Å². The zero-order valence-corrected chi connectivity index (χ0v) is 17.6. The van der Waals surface area contributed by atoms with E-state index in [9.17, 15) is 9.59 Å². The van der Waals surface area contributed by atoms with E-state index in [0.717, 1.165) is 32.7 Å². The van der Waals surface area contributed by atoms with E-state index in [1.165, 1.54) is 32.1 Å². The van der Waals surface area contributed by atoms with E-state index in [4.69, 9.17) is 4.74 Å². The molecule has 2 aliphatic carbocycles. The third kappa shape index (κ3) is 4.09. The number of nitrogens with zero attached hydrogens (tertiary/aromatic N) is 1. The van der Waals surface area contributed by atoms with Crippen LogP contribution in [0.3, 0.4) is 0 Å². The minimum atomic E-state index is -0.0677. The number of hydrogen-bond donors (Lipinski definition) is 2. The van der Waals surface area contributed by atoms with Gasteiger partial charge in [-0.1, -0.05) is 33.1 Å². The first-order valence-corrected chi connectivity index (χ1v) is 11.3. The zero-order chi connectivity index (χ0) is 19.8. The molecule has 4 rings (SSSR count). The summed E-state index contributed by atoms with van der Waals surface area (Å²) in [4.78, 5) is 27.3. The van der Waals surface area contributed by atoms with Gasteiger partial charge in [0.15, 0.2) is 0 Å². The number of rotatable bonds is 7. The van der Waals surface area contributed by atoms with E-state index in [-0.39, 0.29) is 34.5 Å². The average molecular weight is 392 g/mol. The summed E-state index contributed by atoms with van der Waals surface area (Å²) in [5, 5.41) is 6.45. The molecule has 2 saturated carbocycles. The van der Waals surface area contributed by atoms with Crippen LogP contribution in [0.25, 0.3) is 0 Å². The molecule has 2 atom stereocenters. The predicted molar refractivity (Wildman–Crippen MR) is 108 cm³/mol. The number of carbonyl (C=O) groups is 2. The Bertz CT molecular complexity index is 594. The van der Waals surface area contributed by atoms with Crippen molar-refractivity contribution >= 4 is 11.8 Å². The normalized spacial score (nSPS) is 30.9. The lowest BCUT2D eigenvalue weighted by atomic mass is 9.71. The molecule has 6 nitrogen and oxygen atoms in total. The molecule has 0 radical (unpaired) electrons. The maximum absolute atomic E-state index is 12.7. The molecule has 1 spiro atoms. The van der Waals surface area contributed by atoms with Gasteiger partial charge in [0, 0.05) is 50.7 Å². The van der Waals surface area contributed by atoms with Crippen molar-refractivity contribution in [2.45, 2.75) is 52.4 Å². The molecule has 2 unspecified atom stereocenters. The van der Waals surface area contributed by atoms with Crippen molar-refractivity contribution in [2.24, 2.45) is 28.6 Å². The molecular formula is C22H37N3O3. The van der Waals surface area contributed by atoms with Crippen molar-refractivity contribution in [3.8, 4) is 0 Å². The van der Waals surface area contributed by atoms with Crippen LogP contribution in [0.5, 0.6) is 0 Å². The summed E-state index contributed by atoms with van der Waals surface area (Å²) < 4.78 is 5.80. The fourth-order valence-corrected chi connectivity index (χ4v) is 5.46. The maximum Gasteiger partial charge on any atom is 0.226 e. The summed E-state index contributed by atoms with van der Waals surface area (Å²) >= 11 is 0. The minimum Gasteiger partial charge on any atom is -0.379 e. The molecule has 0 aromatic rings. The van der Waals surface area contributed by atoms with E-state index in [2.05, 4.69) is 24.5 Å². The molecule has 0 aromatic heterocycles. The fourth-order valence-electron chi connectivity index (χ4n) is 5.46.